The molecule has 0 saturated carbocycles. The first-order valence-corrected chi connectivity index (χ1v) is 14.7. The second-order valence-electron chi connectivity index (χ2n) is 12.9. The number of ketones is 2. The Morgan fingerprint density at radius 1 is 0.925 bits per heavy atom. The van der Waals surface area contributed by atoms with Crippen molar-refractivity contribution >= 4 is 33.4 Å². The van der Waals surface area contributed by atoms with Gasteiger partial charge in [-0.2, -0.15) is 0 Å². The third kappa shape index (κ3) is 5.67. The van der Waals surface area contributed by atoms with Gasteiger partial charge in [-0.25, -0.2) is 0 Å². The topological polar surface area (TPSA) is 89.7 Å². The maximum Gasteiger partial charge on any atom is 0.255 e. The van der Waals surface area contributed by atoms with E-state index in [1.165, 1.54) is 5.56 Å². The van der Waals surface area contributed by atoms with E-state index in [2.05, 4.69) is 60.7 Å². The van der Waals surface area contributed by atoms with E-state index >= 15 is 0 Å². The quantitative estimate of drug-likeness (QED) is 0.404. The molecule has 0 radical (unpaired) electrons. The molecule has 0 spiro atoms. The van der Waals surface area contributed by atoms with Gasteiger partial charge in [-0.1, -0.05) is 74.0 Å². The molecule has 210 valence electrons. The first-order valence-electron chi connectivity index (χ1n) is 13.9. The molecule has 0 unspecified atom stereocenters. The second-order valence-corrected chi connectivity index (χ2v) is 13.8. The van der Waals surface area contributed by atoms with Gasteiger partial charge < -0.3 is 15.4 Å². The summed E-state index contributed by atoms with van der Waals surface area (Å²) >= 11 is 3.59. The van der Waals surface area contributed by atoms with Crippen molar-refractivity contribution < 1.29 is 19.1 Å². The summed E-state index contributed by atoms with van der Waals surface area (Å²) in [5, 5.41) is 0. The van der Waals surface area contributed by atoms with Crippen LogP contribution < -0.4 is 10.5 Å². The summed E-state index contributed by atoms with van der Waals surface area (Å²) in [5.74, 6) is -0.573. The highest BCUT2D eigenvalue weighted by Crippen LogP contribution is 2.55. The van der Waals surface area contributed by atoms with Crippen molar-refractivity contribution in [3.8, 4) is 5.75 Å². The first-order chi connectivity index (χ1) is 18.8. The van der Waals surface area contributed by atoms with E-state index in [1.807, 2.05) is 30.3 Å². The number of hydrogen-bond donors (Lipinski definition) is 1. The summed E-state index contributed by atoms with van der Waals surface area (Å²) in [6.45, 7) is 8.95. The van der Waals surface area contributed by atoms with E-state index in [0.717, 1.165) is 35.1 Å². The van der Waals surface area contributed by atoms with Crippen LogP contribution in [0.1, 0.15) is 70.4 Å². The standard InChI is InChI=1S/C33H37BrN2O4/c1-32(2)15-23-30(25(37)17-32)29(22-14-21(34)10-11-27(22)40-19-28(35)39)31-24(16-33(3,4)18-26(31)38)36(23)13-12-20-8-6-5-7-9-20/h5-11,14,29H,12-13,15-19H2,1-4H3,(H2,35,39). The van der Waals surface area contributed by atoms with E-state index < -0.39 is 11.8 Å². The zero-order valence-electron chi connectivity index (χ0n) is 23.7. The molecule has 40 heavy (non-hydrogen) atoms. The van der Waals surface area contributed by atoms with Gasteiger partial charge in [-0.05, 0) is 53.9 Å². The minimum absolute atomic E-state index is 0.0611. The lowest BCUT2D eigenvalue weighted by Gasteiger charge is -2.49. The molecule has 2 aliphatic carbocycles. The number of carbonyl (C=O) groups is 3. The largest absolute Gasteiger partial charge is 0.483 e. The van der Waals surface area contributed by atoms with E-state index in [0.29, 0.717) is 41.8 Å². The summed E-state index contributed by atoms with van der Waals surface area (Å²) in [7, 11) is 0. The number of allylic oxidation sites excluding steroid dienone is 4. The van der Waals surface area contributed by atoms with Gasteiger partial charge in [0, 0.05) is 57.9 Å². The number of nitrogens with zero attached hydrogens (tertiary/aromatic N) is 1. The number of carbonyl (C=O) groups excluding carboxylic acids is 3. The highest BCUT2D eigenvalue weighted by atomic mass is 79.9. The van der Waals surface area contributed by atoms with Crippen LogP contribution >= 0.6 is 15.9 Å². The molecule has 5 rings (SSSR count). The molecule has 6 nitrogen and oxygen atoms in total. The molecule has 1 heterocycles. The second kappa shape index (κ2) is 10.7. The molecular weight excluding hydrogens is 568 g/mol. The summed E-state index contributed by atoms with van der Waals surface area (Å²) in [4.78, 5) is 42.1. The van der Waals surface area contributed by atoms with Crippen LogP contribution in [-0.4, -0.2) is 35.5 Å². The van der Waals surface area contributed by atoms with Crippen molar-refractivity contribution in [1.82, 2.24) is 4.90 Å². The highest BCUT2D eigenvalue weighted by Gasteiger charge is 2.49. The normalized spacial score (nSPS) is 20.4. The predicted molar refractivity (Wildman–Crippen MR) is 159 cm³/mol. The van der Waals surface area contributed by atoms with Gasteiger partial charge >= 0.3 is 0 Å². The van der Waals surface area contributed by atoms with Crippen LogP contribution in [0.3, 0.4) is 0 Å². The van der Waals surface area contributed by atoms with E-state index in [4.69, 9.17) is 10.5 Å². The fourth-order valence-electron chi connectivity index (χ4n) is 6.54. The van der Waals surface area contributed by atoms with Crippen molar-refractivity contribution in [2.45, 2.75) is 65.7 Å². The van der Waals surface area contributed by atoms with E-state index in [-0.39, 0.29) is 29.0 Å². The van der Waals surface area contributed by atoms with Crippen LogP contribution in [0.15, 0.2) is 75.5 Å². The minimum Gasteiger partial charge on any atom is -0.483 e. The molecule has 1 amide bonds. The summed E-state index contributed by atoms with van der Waals surface area (Å²) in [6, 6.07) is 15.8. The van der Waals surface area contributed by atoms with Crippen molar-refractivity contribution in [3.63, 3.8) is 0 Å². The van der Waals surface area contributed by atoms with Gasteiger partial charge in [0.1, 0.15) is 5.75 Å². The number of ether oxygens (including phenoxy) is 1. The summed E-state index contributed by atoms with van der Waals surface area (Å²) in [6.07, 6.45) is 3.07. The fraction of sp³-hybridized carbons (Fsp3) is 0.424. The lowest BCUT2D eigenvalue weighted by Crippen LogP contribution is -2.45. The SMILES string of the molecule is CC1(C)CC(=O)C2=C(C1)N(CCc1ccccc1)C1=C(C(=O)CC(C)(C)C1)C2c1cc(Br)ccc1OCC(N)=O. The number of primary amides is 1. The fourth-order valence-corrected chi connectivity index (χ4v) is 6.92. The van der Waals surface area contributed by atoms with Crippen molar-refractivity contribution in [2.24, 2.45) is 16.6 Å². The maximum absolute atomic E-state index is 14.1. The average Bonchev–Trinajstić information content (AvgIpc) is 2.85. The Labute approximate surface area is 244 Å². The molecule has 0 fully saturated rings. The van der Waals surface area contributed by atoms with Crippen LogP contribution in [0.2, 0.25) is 0 Å². The Balaban J connectivity index is 1.73. The van der Waals surface area contributed by atoms with Crippen molar-refractivity contribution in [1.29, 1.82) is 0 Å². The number of halogens is 1. The molecule has 2 N–H and O–H groups in total. The smallest absolute Gasteiger partial charge is 0.255 e. The molecule has 0 bridgehead atoms. The number of benzene rings is 2. The monoisotopic (exact) mass is 604 g/mol. The van der Waals surface area contributed by atoms with Crippen LogP contribution in [0, 0.1) is 10.8 Å². The van der Waals surface area contributed by atoms with Gasteiger partial charge in [0.2, 0.25) is 0 Å². The molecule has 2 aromatic rings. The molecule has 0 atom stereocenters. The van der Waals surface area contributed by atoms with Gasteiger partial charge in [0.15, 0.2) is 18.2 Å². The molecule has 7 heteroatoms. The van der Waals surface area contributed by atoms with Crippen molar-refractivity contribution in [3.05, 3.63) is 86.7 Å². The first kappa shape index (κ1) is 28.3. The van der Waals surface area contributed by atoms with Gasteiger partial charge in [0.05, 0.1) is 0 Å². The zero-order valence-corrected chi connectivity index (χ0v) is 25.3. The van der Waals surface area contributed by atoms with Gasteiger partial charge in [-0.3, -0.25) is 14.4 Å². The third-order valence-corrected chi connectivity index (χ3v) is 8.63. The zero-order chi connectivity index (χ0) is 28.8. The van der Waals surface area contributed by atoms with E-state index in [1.54, 1.807) is 6.07 Å². The molecule has 0 saturated heterocycles. The van der Waals surface area contributed by atoms with Crippen LogP contribution in [0.4, 0.5) is 0 Å². The molecule has 0 aromatic heterocycles. The molecule has 1 aliphatic heterocycles. The predicted octanol–water partition coefficient (Wildman–Crippen LogP) is 6.24. The number of Topliss-reactive ketones (excluding diaryl/α,β-unsaturated/α-hetero) is 2. The summed E-state index contributed by atoms with van der Waals surface area (Å²) < 4.78 is 6.68. The van der Waals surface area contributed by atoms with Crippen LogP contribution in [-0.2, 0) is 20.8 Å². The number of hydrogen-bond acceptors (Lipinski definition) is 5. The van der Waals surface area contributed by atoms with E-state index in [9.17, 15) is 14.4 Å². The average molecular weight is 606 g/mol. The highest BCUT2D eigenvalue weighted by molar-refractivity contribution is 9.10. The Morgan fingerprint density at radius 2 is 1.50 bits per heavy atom. The third-order valence-electron chi connectivity index (χ3n) is 8.14. The Kier molecular flexibility index (Phi) is 7.55. The summed E-state index contributed by atoms with van der Waals surface area (Å²) in [5.41, 5.74) is 10.3. The Hall–Kier alpha value is -3.19. The van der Waals surface area contributed by atoms with Gasteiger partial charge in [0.25, 0.3) is 5.91 Å². The molecule has 2 aromatic carbocycles. The molecular formula is C33H37BrN2O4. The lowest BCUT2D eigenvalue weighted by molar-refractivity contribution is -0.121. The van der Waals surface area contributed by atoms with Crippen LogP contribution in [0.5, 0.6) is 5.75 Å². The Bertz CT molecular complexity index is 1380. The molecule has 3 aliphatic rings. The minimum atomic E-state index is -0.588. The number of rotatable bonds is 7. The van der Waals surface area contributed by atoms with Crippen LogP contribution in [0.25, 0.3) is 0 Å². The lowest BCUT2D eigenvalue weighted by atomic mass is 9.63. The van der Waals surface area contributed by atoms with Crippen molar-refractivity contribution in [2.75, 3.05) is 13.2 Å². The number of amides is 1. The Morgan fingerprint density at radius 3 is 2.05 bits per heavy atom. The maximum atomic E-state index is 14.1. The number of nitrogens with two attached hydrogens (primary N) is 1. The van der Waals surface area contributed by atoms with Gasteiger partial charge in [-0.15, -0.1) is 0 Å².